The second-order valence-electron chi connectivity index (χ2n) is 5.76. The van der Waals surface area contributed by atoms with Crippen molar-refractivity contribution in [3.8, 4) is 0 Å². The van der Waals surface area contributed by atoms with Crippen LogP contribution in [0.2, 0.25) is 0 Å². The summed E-state index contributed by atoms with van der Waals surface area (Å²) >= 11 is 0. The molecule has 0 aromatic carbocycles. The lowest BCUT2D eigenvalue weighted by Crippen LogP contribution is -2.30. The van der Waals surface area contributed by atoms with Crippen LogP contribution in [0.4, 0.5) is 5.88 Å². The van der Waals surface area contributed by atoms with Gasteiger partial charge in [-0.2, -0.15) is 0 Å². The van der Waals surface area contributed by atoms with Crippen molar-refractivity contribution < 1.29 is 4.42 Å². The van der Waals surface area contributed by atoms with Gasteiger partial charge in [0.25, 0.3) is 0 Å². The summed E-state index contributed by atoms with van der Waals surface area (Å²) in [5.74, 6) is 2.86. The van der Waals surface area contributed by atoms with Crippen LogP contribution in [0.3, 0.4) is 0 Å². The maximum Gasteiger partial charge on any atom is 0.195 e. The normalized spacial score (nSPS) is 14.9. The summed E-state index contributed by atoms with van der Waals surface area (Å²) in [5.41, 5.74) is 2.44. The van der Waals surface area contributed by atoms with Gasteiger partial charge in [0, 0.05) is 56.1 Å². The molecule has 0 bridgehead atoms. The molecule has 0 aliphatic carbocycles. The van der Waals surface area contributed by atoms with Gasteiger partial charge in [0.15, 0.2) is 5.88 Å². The Kier molecular flexibility index (Phi) is 4.43. The molecule has 1 aliphatic heterocycles. The van der Waals surface area contributed by atoms with Crippen LogP contribution in [0.25, 0.3) is 0 Å². The Bertz CT molecular complexity index is 633. The van der Waals surface area contributed by atoms with Crippen LogP contribution in [0.1, 0.15) is 36.7 Å². The zero-order valence-electron chi connectivity index (χ0n) is 13.7. The minimum absolute atomic E-state index is 0.842. The fourth-order valence-corrected chi connectivity index (χ4v) is 2.99. The first-order valence-corrected chi connectivity index (χ1v) is 8.07. The number of aryl methyl sites for hydroxylation is 1. The number of rotatable bonds is 5. The molecule has 0 N–H and O–H groups in total. The molecular weight excluding hydrogens is 276 g/mol. The number of fused-ring (bicyclic) bond motifs is 1. The third-order valence-electron chi connectivity index (χ3n) is 4.24. The lowest BCUT2D eigenvalue weighted by atomic mass is 10.1. The Morgan fingerprint density at radius 1 is 1.27 bits per heavy atom. The predicted octanol–water partition coefficient (Wildman–Crippen LogP) is 2.78. The van der Waals surface area contributed by atoms with Gasteiger partial charge < -0.3 is 9.32 Å². The second-order valence-corrected chi connectivity index (χ2v) is 5.76. The van der Waals surface area contributed by atoms with Crippen molar-refractivity contribution in [2.45, 2.75) is 40.3 Å². The summed E-state index contributed by atoms with van der Waals surface area (Å²) in [7, 11) is 0. The molecule has 22 heavy (non-hydrogen) atoms. The molecule has 1 aliphatic rings. The van der Waals surface area contributed by atoms with E-state index < -0.39 is 0 Å². The van der Waals surface area contributed by atoms with E-state index in [1.54, 1.807) is 0 Å². The number of hydrogen-bond acceptors (Lipinski definition) is 5. The van der Waals surface area contributed by atoms with Gasteiger partial charge in [0.05, 0.1) is 6.54 Å². The summed E-state index contributed by atoms with van der Waals surface area (Å²) in [6, 6.07) is 4.17. The van der Waals surface area contributed by atoms with E-state index in [0.29, 0.717) is 0 Å². The molecule has 0 atom stereocenters. The molecule has 0 saturated carbocycles. The monoisotopic (exact) mass is 300 g/mol. The smallest absolute Gasteiger partial charge is 0.195 e. The summed E-state index contributed by atoms with van der Waals surface area (Å²) in [4.78, 5) is 13.5. The van der Waals surface area contributed by atoms with E-state index in [1.165, 1.54) is 11.3 Å². The first-order chi connectivity index (χ1) is 10.7. The van der Waals surface area contributed by atoms with E-state index >= 15 is 0 Å². The van der Waals surface area contributed by atoms with Crippen molar-refractivity contribution in [3.05, 3.63) is 41.2 Å². The molecule has 3 rings (SSSR count). The largest absolute Gasteiger partial charge is 0.444 e. The Hall–Kier alpha value is -1.88. The van der Waals surface area contributed by atoms with E-state index in [0.717, 1.165) is 56.6 Å². The zero-order valence-corrected chi connectivity index (χ0v) is 13.7. The van der Waals surface area contributed by atoms with E-state index in [4.69, 9.17) is 4.42 Å². The summed E-state index contributed by atoms with van der Waals surface area (Å²) < 4.78 is 5.99. The van der Waals surface area contributed by atoms with Crippen LogP contribution in [-0.4, -0.2) is 34.5 Å². The minimum atomic E-state index is 0.842. The van der Waals surface area contributed by atoms with Gasteiger partial charge in [-0.05, 0) is 26.8 Å². The molecule has 0 radical (unpaired) electrons. The fourth-order valence-electron chi connectivity index (χ4n) is 2.99. The first kappa shape index (κ1) is 15.0. The van der Waals surface area contributed by atoms with Crippen LogP contribution in [0, 0.1) is 6.92 Å². The number of furan rings is 1. The Labute approximate surface area is 132 Å². The fraction of sp³-hybridized carbons (Fsp3) is 0.529. The Morgan fingerprint density at radius 3 is 2.86 bits per heavy atom. The molecule has 5 nitrogen and oxygen atoms in total. The molecule has 0 amide bonds. The molecule has 0 unspecified atom stereocenters. The summed E-state index contributed by atoms with van der Waals surface area (Å²) in [5, 5.41) is 0. The SMILES string of the molecule is CCN(CC)c1ccc(CN2CCc3nc(C)ncc3C2)o1. The van der Waals surface area contributed by atoms with Gasteiger partial charge in [-0.15, -0.1) is 0 Å². The van der Waals surface area contributed by atoms with Gasteiger partial charge in [-0.3, -0.25) is 4.90 Å². The second kappa shape index (κ2) is 6.48. The minimum Gasteiger partial charge on any atom is -0.444 e. The van der Waals surface area contributed by atoms with Gasteiger partial charge in [-0.25, -0.2) is 9.97 Å². The number of aromatic nitrogens is 2. The molecule has 0 saturated heterocycles. The summed E-state index contributed by atoms with van der Waals surface area (Å²) in [6.07, 6.45) is 2.95. The van der Waals surface area contributed by atoms with Crippen LogP contribution >= 0.6 is 0 Å². The van der Waals surface area contributed by atoms with Crippen LogP contribution in [0.5, 0.6) is 0 Å². The Balaban J connectivity index is 1.66. The van der Waals surface area contributed by atoms with Gasteiger partial charge in [-0.1, -0.05) is 0 Å². The maximum atomic E-state index is 5.99. The first-order valence-electron chi connectivity index (χ1n) is 8.07. The molecule has 5 heteroatoms. The van der Waals surface area contributed by atoms with E-state index in [-0.39, 0.29) is 0 Å². The predicted molar refractivity (Wildman–Crippen MR) is 86.9 cm³/mol. The van der Waals surface area contributed by atoms with Crippen molar-refractivity contribution in [3.63, 3.8) is 0 Å². The van der Waals surface area contributed by atoms with Gasteiger partial charge in [0.2, 0.25) is 0 Å². The Morgan fingerprint density at radius 2 is 2.09 bits per heavy atom. The third-order valence-corrected chi connectivity index (χ3v) is 4.24. The molecule has 0 fully saturated rings. The molecule has 0 spiro atoms. The molecule has 2 aromatic heterocycles. The van der Waals surface area contributed by atoms with E-state index in [1.807, 2.05) is 13.1 Å². The van der Waals surface area contributed by atoms with Crippen molar-refractivity contribution in [1.29, 1.82) is 0 Å². The van der Waals surface area contributed by atoms with Gasteiger partial charge >= 0.3 is 0 Å². The third kappa shape index (κ3) is 3.14. The molecule has 118 valence electrons. The number of nitrogens with zero attached hydrogens (tertiary/aromatic N) is 4. The zero-order chi connectivity index (χ0) is 15.5. The topological polar surface area (TPSA) is 45.4 Å². The van der Waals surface area contributed by atoms with E-state index in [9.17, 15) is 0 Å². The summed E-state index contributed by atoms with van der Waals surface area (Å²) in [6.45, 7) is 10.9. The lowest BCUT2D eigenvalue weighted by molar-refractivity contribution is 0.223. The molecule has 2 aromatic rings. The van der Waals surface area contributed by atoms with Crippen molar-refractivity contribution in [2.24, 2.45) is 0 Å². The number of hydrogen-bond donors (Lipinski definition) is 0. The maximum absolute atomic E-state index is 5.99. The number of anilines is 1. The highest BCUT2D eigenvalue weighted by molar-refractivity contribution is 5.36. The highest BCUT2D eigenvalue weighted by Gasteiger charge is 2.19. The van der Waals surface area contributed by atoms with E-state index in [2.05, 4.69) is 45.7 Å². The van der Waals surface area contributed by atoms with Crippen LogP contribution in [-0.2, 0) is 19.5 Å². The van der Waals surface area contributed by atoms with Crippen LogP contribution in [0.15, 0.2) is 22.7 Å². The van der Waals surface area contributed by atoms with Crippen molar-refractivity contribution in [2.75, 3.05) is 24.5 Å². The van der Waals surface area contributed by atoms with Crippen molar-refractivity contribution >= 4 is 5.88 Å². The van der Waals surface area contributed by atoms with Crippen LogP contribution < -0.4 is 4.90 Å². The lowest BCUT2D eigenvalue weighted by Gasteiger charge is -2.27. The molecule has 3 heterocycles. The quantitative estimate of drug-likeness (QED) is 0.849. The highest BCUT2D eigenvalue weighted by Crippen LogP contribution is 2.22. The van der Waals surface area contributed by atoms with Crippen molar-refractivity contribution in [1.82, 2.24) is 14.9 Å². The van der Waals surface area contributed by atoms with Gasteiger partial charge in [0.1, 0.15) is 11.6 Å². The average molecular weight is 300 g/mol. The average Bonchev–Trinajstić information content (AvgIpc) is 2.97. The standard InChI is InChI=1S/C17H24N4O/c1-4-21(5-2)17-7-6-15(22-17)12-20-9-8-16-14(11-20)10-18-13(3)19-16/h6-7,10H,4-5,8-9,11-12H2,1-3H3. The highest BCUT2D eigenvalue weighted by atomic mass is 16.4. The molecular formula is C17H24N4O.